The van der Waals surface area contributed by atoms with E-state index >= 15 is 0 Å². The summed E-state index contributed by atoms with van der Waals surface area (Å²) in [4.78, 5) is 37.8. The molecule has 2 atom stereocenters. The fourth-order valence-corrected chi connectivity index (χ4v) is 4.57. The van der Waals surface area contributed by atoms with Crippen molar-refractivity contribution in [1.82, 2.24) is 14.9 Å². The van der Waals surface area contributed by atoms with Crippen LogP contribution >= 0.6 is 0 Å². The summed E-state index contributed by atoms with van der Waals surface area (Å²) in [5.41, 5.74) is 7.61. The Hall–Kier alpha value is -4.38. The molecule has 8 heteroatoms. The van der Waals surface area contributed by atoms with Gasteiger partial charge in [0, 0.05) is 13.1 Å². The predicted octanol–water partition coefficient (Wildman–Crippen LogP) is 2.95. The summed E-state index contributed by atoms with van der Waals surface area (Å²) in [5.74, 6) is 6.41. The van der Waals surface area contributed by atoms with E-state index in [0.29, 0.717) is 36.6 Å². The Bertz CT molecular complexity index is 1300. The number of para-hydroxylation sites is 1. The fourth-order valence-electron chi connectivity index (χ4n) is 4.57. The molecule has 2 amide bonds. The molecule has 0 spiro atoms. The van der Waals surface area contributed by atoms with Gasteiger partial charge in [-0.15, -0.1) is 0 Å². The molecule has 2 aromatic carbocycles. The average Bonchev–Trinajstić information content (AvgIpc) is 3.43. The molecule has 1 aromatic heterocycles. The van der Waals surface area contributed by atoms with Crippen LogP contribution in [0, 0.1) is 11.8 Å². The van der Waals surface area contributed by atoms with Gasteiger partial charge in [-0.25, -0.2) is 9.97 Å². The van der Waals surface area contributed by atoms with Crippen LogP contribution in [0.3, 0.4) is 0 Å². The van der Waals surface area contributed by atoms with Gasteiger partial charge in [0.05, 0.1) is 17.5 Å². The van der Waals surface area contributed by atoms with Gasteiger partial charge in [0.1, 0.15) is 29.5 Å². The number of nitrogens with zero attached hydrogens (tertiary/aromatic N) is 4. The maximum atomic E-state index is 13.7. The molecule has 0 radical (unpaired) electrons. The molecule has 170 valence electrons. The lowest BCUT2D eigenvalue weighted by molar-refractivity contribution is -0.124. The zero-order valence-electron chi connectivity index (χ0n) is 18.6. The van der Waals surface area contributed by atoms with Crippen molar-refractivity contribution in [1.29, 1.82) is 0 Å². The van der Waals surface area contributed by atoms with Crippen LogP contribution < -0.4 is 15.4 Å². The summed E-state index contributed by atoms with van der Waals surface area (Å²) in [6, 6.07) is 16.7. The highest BCUT2D eigenvalue weighted by Gasteiger charge is 2.46. The number of nitrogens with two attached hydrogens (primary N) is 1. The number of nitrogen functional groups attached to an aromatic ring is 1. The predicted molar refractivity (Wildman–Crippen MR) is 127 cm³/mol. The van der Waals surface area contributed by atoms with Crippen molar-refractivity contribution in [2.75, 3.05) is 23.7 Å². The van der Waals surface area contributed by atoms with Crippen molar-refractivity contribution >= 4 is 23.5 Å². The third kappa shape index (κ3) is 3.82. The van der Waals surface area contributed by atoms with Crippen molar-refractivity contribution in [2.45, 2.75) is 25.3 Å². The molecule has 3 heterocycles. The highest BCUT2D eigenvalue weighted by Crippen LogP contribution is 2.44. The molecular weight excluding hydrogens is 430 g/mol. The second-order valence-corrected chi connectivity index (χ2v) is 8.19. The van der Waals surface area contributed by atoms with E-state index in [0.717, 1.165) is 11.3 Å². The van der Waals surface area contributed by atoms with E-state index in [1.165, 1.54) is 6.33 Å². The Morgan fingerprint density at radius 1 is 1.09 bits per heavy atom. The number of likely N-dealkylation sites (tertiary alicyclic amines) is 1. The molecule has 3 aromatic rings. The van der Waals surface area contributed by atoms with E-state index in [2.05, 4.69) is 21.8 Å². The van der Waals surface area contributed by atoms with E-state index < -0.39 is 5.92 Å². The Labute approximate surface area is 197 Å². The van der Waals surface area contributed by atoms with E-state index in [1.807, 2.05) is 54.6 Å². The van der Waals surface area contributed by atoms with E-state index in [-0.39, 0.29) is 23.7 Å². The minimum Gasteiger partial charge on any atom is -0.457 e. The molecule has 1 fully saturated rings. The molecule has 0 saturated carbocycles. The number of amides is 2. The number of carbonyl (C=O) groups excluding carboxylic acids is 2. The van der Waals surface area contributed by atoms with Crippen molar-refractivity contribution in [3.63, 3.8) is 0 Å². The van der Waals surface area contributed by atoms with Crippen LogP contribution in [0.5, 0.6) is 11.5 Å². The second kappa shape index (κ2) is 8.87. The zero-order chi connectivity index (χ0) is 23.7. The third-order valence-corrected chi connectivity index (χ3v) is 6.13. The summed E-state index contributed by atoms with van der Waals surface area (Å²) in [7, 11) is 0. The first-order valence-corrected chi connectivity index (χ1v) is 11.0. The molecule has 34 heavy (non-hydrogen) atoms. The van der Waals surface area contributed by atoms with E-state index in [1.54, 1.807) is 16.7 Å². The van der Waals surface area contributed by atoms with Gasteiger partial charge in [-0.1, -0.05) is 36.3 Å². The smallest absolute Gasteiger partial charge is 0.298 e. The minimum absolute atomic E-state index is 0.125. The summed E-state index contributed by atoms with van der Waals surface area (Å²) < 4.78 is 5.88. The number of benzene rings is 2. The Morgan fingerprint density at radius 3 is 2.56 bits per heavy atom. The fraction of sp³-hybridized carbons (Fsp3) is 0.231. The number of aromatic nitrogens is 2. The summed E-state index contributed by atoms with van der Waals surface area (Å²) in [6.45, 7) is 2.57. The molecule has 2 N–H and O–H groups in total. The number of anilines is 2. The number of ether oxygens (including phenoxy) is 1. The Balaban J connectivity index is 1.43. The standard InChI is InChI=1S/C26H23N5O3/c1-2-6-21(32)30-14-13-18(15-30)31-25-23(24(27)28-16-29-25)22(26(31)33)17-9-11-20(12-10-17)34-19-7-4-3-5-8-19/h3-5,7-12,16,18,22H,13-15H2,1H3,(H2,27,28,29)/t18-,22?/m1/s1. The highest BCUT2D eigenvalue weighted by atomic mass is 16.5. The maximum Gasteiger partial charge on any atom is 0.298 e. The zero-order valence-corrected chi connectivity index (χ0v) is 18.6. The largest absolute Gasteiger partial charge is 0.457 e. The van der Waals surface area contributed by atoms with Crippen molar-refractivity contribution in [2.24, 2.45) is 0 Å². The summed E-state index contributed by atoms with van der Waals surface area (Å²) in [5, 5.41) is 0. The van der Waals surface area contributed by atoms with Gasteiger partial charge >= 0.3 is 0 Å². The van der Waals surface area contributed by atoms with E-state index in [9.17, 15) is 9.59 Å². The maximum absolute atomic E-state index is 13.7. The lowest BCUT2D eigenvalue weighted by atomic mass is 9.93. The van der Waals surface area contributed by atoms with Crippen LogP contribution in [0.25, 0.3) is 0 Å². The normalized spacial score (nSPS) is 18.9. The summed E-state index contributed by atoms with van der Waals surface area (Å²) in [6.07, 6.45) is 2.01. The molecule has 1 unspecified atom stereocenters. The van der Waals surface area contributed by atoms with Gasteiger partial charge in [0.15, 0.2) is 0 Å². The van der Waals surface area contributed by atoms with Gasteiger partial charge in [-0.2, -0.15) is 0 Å². The molecular formula is C26H23N5O3. The topological polar surface area (TPSA) is 102 Å². The number of hydrogen-bond acceptors (Lipinski definition) is 6. The second-order valence-electron chi connectivity index (χ2n) is 8.19. The SMILES string of the molecule is CC#CC(=O)N1CC[C@@H](N2C(=O)C(c3ccc(Oc4ccccc4)cc3)c3c(N)ncnc32)C1. The monoisotopic (exact) mass is 453 g/mol. The van der Waals surface area contributed by atoms with Gasteiger partial charge in [-0.3, -0.25) is 14.5 Å². The molecule has 8 nitrogen and oxygen atoms in total. The number of hydrogen-bond donors (Lipinski definition) is 1. The van der Waals surface area contributed by atoms with Crippen molar-refractivity contribution in [3.05, 3.63) is 72.1 Å². The number of rotatable bonds is 4. The van der Waals surface area contributed by atoms with Gasteiger partial charge in [0.25, 0.3) is 5.91 Å². The van der Waals surface area contributed by atoms with Crippen molar-refractivity contribution < 1.29 is 14.3 Å². The Kier molecular flexibility index (Phi) is 5.60. The number of fused-ring (bicyclic) bond motifs is 1. The Morgan fingerprint density at radius 2 is 1.82 bits per heavy atom. The lowest BCUT2D eigenvalue weighted by Gasteiger charge is -2.24. The molecule has 0 aliphatic carbocycles. The first kappa shape index (κ1) is 21.5. The van der Waals surface area contributed by atoms with E-state index in [4.69, 9.17) is 10.5 Å². The third-order valence-electron chi connectivity index (χ3n) is 6.13. The molecule has 2 aliphatic rings. The molecule has 1 saturated heterocycles. The van der Waals surface area contributed by atoms with Crippen LogP contribution in [0.4, 0.5) is 11.6 Å². The highest BCUT2D eigenvalue weighted by molar-refractivity contribution is 6.08. The van der Waals surface area contributed by atoms with Crippen LogP contribution in [-0.4, -0.2) is 45.8 Å². The van der Waals surface area contributed by atoms with Gasteiger partial charge in [-0.05, 0) is 49.1 Å². The molecule has 5 rings (SSSR count). The van der Waals surface area contributed by atoms with Crippen LogP contribution in [0.15, 0.2) is 60.9 Å². The summed E-state index contributed by atoms with van der Waals surface area (Å²) >= 11 is 0. The quantitative estimate of drug-likeness (QED) is 0.610. The average molecular weight is 454 g/mol. The van der Waals surface area contributed by atoms with Gasteiger partial charge in [0.2, 0.25) is 5.91 Å². The molecule has 2 aliphatic heterocycles. The molecule has 0 bridgehead atoms. The van der Waals surface area contributed by atoms with Crippen LogP contribution in [0.2, 0.25) is 0 Å². The minimum atomic E-state index is -0.623. The first-order chi connectivity index (χ1) is 16.6. The number of carbonyl (C=O) groups is 2. The van der Waals surface area contributed by atoms with Gasteiger partial charge < -0.3 is 15.4 Å². The first-order valence-electron chi connectivity index (χ1n) is 11.0. The van der Waals surface area contributed by atoms with Crippen LogP contribution in [0.1, 0.15) is 30.4 Å². The lowest BCUT2D eigenvalue weighted by Crippen LogP contribution is -2.42. The van der Waals surface area contributed by atoms with Crippen LogP contribution in [-0.2, 0) is 9.59 Å². The van der Waals surface area contributed by atoms with Crippen molar-refractivity contribution in [3.8, 4) is 23.3 Å².